The van der Waals surface area contributed by atoms with Crippen LogP contribution in [0.1, 0.15) is 12.5 Å². The Kier molecular flexibility index (Phi) is 2.51. The van der Waals surface area contributed by atoms with Crippen LogP contribution in [0.5, 0.6) is 0 Å². The Hall–Kier alpha value is -1.49. The number of anilines is 1. The first kappa shape index (κ1) is 7.62. The van der Waals surface area contributed by atoms with Gasteiger partial charge >= 0.3 is 0 Å². The van der Waals surface area contributed by atoms with Gasteiger partial charge in [-0.1, -0.05) is 19.1 Å². The summed E-state index contributed by atoms with van der Waals surface area (Å²) in [6, 6.07) is 7.84. The van der Waals surface area contributed by atoms with Crippen molar-refractivity contribution in [3.63, 3.8) is 0 Å². The molecule has 1 N–H and O–H groups in total. The van der Waals surface area contributed by atoms with Crippen molar-refractivity contribution in [2.45, 2.75) is 13.3 Å². The van der Waals surface area contributed by atoms with Gasteiger partial charge < -0.3 is 0 Å². The van der Waals surface area contributed by atoms with Crippen molar-refractivity contribution in [2.75, 3.05) is 5.32 Å². The summed E-state index contributed by atoms with van der Waals surface area (Å²) >= 11 is 0. The molecule has 11 heavy (non-hydrogen) atoms. The summed E-state index contributed by atoms with van der Waals surface area (Å²) in [5.74, 6) is 0. The molecule has 0 spiro atoms. The quantitative estimate of drug-likeness (QED) is 0.512. The van der Waals surface area contributed by atoms with E-state index < -0.39 is 0 Å². The fourth-order valence-electron chi connectivity index (χ4n) is 0.888. The fraction of sp³-hybridized carbons (Fsp3) is 0.222. The predicted octanol–water partition coefficient (Wildman–Crippen LogP) is 2.14. The van der Waals surface area contributed by atoms with Gasteiger partial charge in [0.05, 0.1) is 0 Å². The Morgan fingerprint density at radius 2 is 2.00 bits per heavy atom. The molecule has 0 aliphatic rings. The number of nitriles is 1. The van der Waals surface area contributed by atoms with Crippen LogP contribution in [-0.2, 0) is 6.42 Å². The number of aryl methyl sites for hydroxylation is 1. The second kappa shape index (κ2) is 3.62. The summed E-state index contributed by atoms with van der Waals surface area (Å²) < 4.78 is 0. The number of hydrogen-bond donors (Lipinski definition) is 1. The molecule has 0 aromatic heterocycles. The summed E-state index contributed by atoms with van der Waals surface area (Å²) in [6.07, 6.45) is 2.91. The number of nitrogens with one attached hydrogen (secondary N) is 1. The van der Waals surface area contributed by atoms with Gasteiger partial charge in [0.1, 0.15) is 0 Å². The Morgan fingerprint density at radius 1 is 1.36 bits per heavy atom. The maximum Gasteiger partial charge on any atom is 0.181 e. The monoisotopic (exact) mass is 146 g/mol. The Balaban J connectivity index is 2.76. The van der Waals surface area contributed by atoms with Crippen LogP contribution in [0.4, 0.5) is 5.69 Å². The van der Waals surface area contributed by atoms with Crippen molar-refractivity contribution in [1.29, 1.82) is 5.26 Å². The third kappa shape index (κ3) is 1.98. The zero-order chi connectivity index (χ0) is 8.10. The molecule has 2 nitrogen and oxygen atoms in total. The highest BCUT2D eigenvalue weighted by molar-refractivity contribution is 5.47. The van der Waals surface area contributed by atoms with Crippen LogP contribution in [-0.4, -0.2) is 0 Å². The van der Waals surface area contributed by atoms with Crippen LogP contribution < -0.4 is 5.32 Å². The first-order chi connectivity index (χ1) is 5.36. The summed E-state index contributed by atoms with van der Waals surface area (Å²) in [5, 5.41) is 10.8. The summed E-state index contributed by atoms with van der Waals surface area (Å²) in [5.41, 5.74) is 2.14. The van der Waals surface area contributed by atoms with Crippen LogP contribution in [0, 0.1) is 11.5 Å². The van der Waals surface area contributed by atoms with E-state index in [2.05, 4.69) is 12.2 Å². The molecule has 1 rings (SSSR count). The molecule has 1 aromatic carbocycles. The zero-order valence-corrected chi connectivity index (χ0v) is 6.46. The van der Waals surface area contributed by atoms with E-state index >= 15 is 0 Å². The lowest BCUT2D eigenvalue weighted by Crippen LogP contribution is -1.87. The van der Waals surface area contributed by atoms with E-state index in [0.717, 1.165) is 12.1 Å². The SMILES string of the molecule is CCc1ccc(NC#N)cc1. The van der Waals surface area contributed by atoms with Gasteiger partial charge in [0.2, 0.25) is 0 Å². The van der Waals surface area contributed by atoms with Crippen molar-refractivity contribution < 1.29 is 0 Å². The zero-order valence-electron chi connectivity index (χ0n) is 6.46. The molecule has 0 aliphatic heterocycles. The van der Waals surface area contributed by atoms with Gasteiger partial charge in [-0.05, 0) is 24.1 Å². The molecule has 2 heteroatoms. The van der Waals surface area contributed by atoms with Crippen LogP contribution in [0.2, 0.25) is 0 Å². The maximum absolute atomic E-state index is 8.29. The second-order valence-electron chi connectivity index (χ2n) is 2.29. The molecule has 56 valence electrons. The van der Waals surface area contributed by atoms with Gasteiger partial charge in [-0.3, -0.25) is 5.32 Å². The van der Waals surface area contributed by atoms with Crippen molar-refractivity contribution in [3.05, 3.63) is 29.8 Å². The highest BCUT2D eigenvalue weighted by Gasteiger charge is 1.89. The molecule has 0 amide bonds. The number of benzene rings is 1. The van der Waals surface area contributed by atoms with Crippen LogP contribution in [0.15, 0.2) is 24.3 Å². The standard InChI is InChI=1S/C9H10N2/c1-2-8-3-5-9(6-4-8)11-7-10/h3-6,11H,2H2,1H3. The molecule has 1 aromatic rings. The average Bonchev–Trinajstić information content (AvgIpc) is 2.07. The Morgan fingerprint density at radius 3 is 2.45 bits per heavy atom. The summed E-state index contributed by atoms with van der Waals surface area (Å²) in [7, 11) is 0. The van der Waals surface area contributed by atoms with E-state index in [4.69, 9.17) is 5.26 Å². The third-order valence-corrected chi connectivity index (χ3v) is 1.56. The first-order valence-electron chi connectivity index (χ1n) is 3.61. The maximum atomic E-state index is 8.29. The molecule has 0 saturated heterocycles. The van der Waals surface area contributed by atoms with Crippen LogP contribution in [0.25, 0.3) is 0 Å². The van der Waals surface area contributed by atoms with Gasteiger partial charge in [0.15, 0.2) is 6.19 Å². The second-order valence-corrected chi connectivity index (χ2v) is 2.29. The molecule has 0 unspecified atom stereocenters. The van der Waals surface area contributed by atoms with Crippen molar-refractivity contribution in [3.8, 4) is 6.19 Å². The molecule has 0 atom stereocenters. The fourth-order valence-corrected chi connectivity index (χ4v) is 0.888. The molecule has 0 fully saturated rings. The Labute approximate surface area is 66.5 Å². The molecular formula is C9H10N2. The minimum atomic E-state index is 0.852. The highest BCUT2D eigenvalue weighted by atomic mass is 14.9. The molecule has 0 radical (unpaired) electrons. The van der Waals surface area contributed by atoms with Crippen molar-refractivity contribution >= 4 is 5.69 Å². The van der Waals surface area contributed by atoms with Crippen molar-refractivity contribution in [2.24, 2.45) is 0 Å². The highest BCUT2D eigenvalue weighted by Crippen LogP contribution is 2.08. The first-order valence-corrected chi connectivity index (χ1v) is 3.61. The normalized spacial score (nSPS) is 8.73. The number of rotatable bonds is 2. The summed E-state index contributed by atoms with van der Waals surface area (Å²) in [4.78, 5) is 0. The Bertz CT molecular complexity index is 256. The van der Waals surface area contributed by atoms with E-state index in [9.17, 15) is 0 Å². The van der Waals surface area contributed by atoms with Gasteiger partial charge in [-0.15, -0.1) is 0 Å². The summed E-state index contributed by atoms with van der Waals surface area (Å²) in [6.45, 7) is 2.10. The van der Waals surface area contributed by atoms with E-state index in [1.807, 2.05) is 30.5 Å². The molecule has 0 bridgehead atoms. The minimum Gasteiger partial charge on any atom is -0.293 e. The van der Waals surface area contributed by atoms with Crippen molar-refractivity contribution in [1.82, 2.24) is 0 Å². The molecule has 0 heterocycles. The number of hydrogen-bond acceptors (Lipinski definition) is 2. The lowest BCUT2D eigenvalue weighted by Gasteiger charge is -1.97. The topological polar surface area (TPSA) is 35.8 Å². The average molecular weight is 146 g/mol. The molecular weight excluding hydrogens is 136 g/mol. The smallest absolute Gasteiger partial charge is 0.181 e. The van der Waals surface area contributed by atoms with E-state index in [1.165, 1.54) is 5.56 Å². The van der Waals surface area contributed by atoms with Crippen LogP contribution in [0.3, 0.4) is 0 Å². The lowest BCUT2D eigenvalue weighted by atomic mass is 10.1. The largest absolute Gasteiger partial charge is 0.293 e. The van der Waals surface area contributed by atoms with Gasteiger partial charge in [0.25, 0.3) is 0 Å². The predicted molar refractivity (Wildman–Crippen MR) is 45.1 cm³/mol. The number of nitrogens with zero attached hydrogens (tertiary/aromatic N) is 1. The van der Waals surface area contributed by atoms with E-state index in [1.54, 1.807) is 0 Å². The minimum absolute atomic E-state index is 0.852. The van der Waals surface area contributed by atoms with Gasteiger partial charge in [-0.2, -0.15) is 5.26 Å². The van der Waals surface area contributed by atoms with Gasteiger partial charge in [0, 0.05) is 5.69 Å². The van der Waals surface area contributed by atoms with E-state index in [0.29, 0.717) is 0 Å². The third-order valence-electron chi connectivity index (χ3n) is 1.56. The van der Waals surface area contributed by atoms with Gasteiger partial charge in [-0.25, -0.2) is 0 Å². The lowest BCUT2D eigenvalue weighted by molar-refractivity contribution is 1.14. The molecule has 0 aliphatic carbocycles. The van der Waals surface area contributed by atoms with E-state index in [-0.39, 0.29) is 0 Å². The molecule has 0 saturated carbocycles. The van der Waals surface area contributed by atoms with Crippen LogP contribution >= 0.6 is 0 Å².